The van der Waals surface area contributed by atoms with Gasteiger partial charge in [-0.05, 0) is 23.8 Å². The smallest absolute Gasteiger partial charge is 0.307 e. The number of nitrogens with two attached hydrogens (primary N) is 2. The summed E-state index contributed by atoms with van der Waals surface area (Å²) in [6.45, 7) is 0. The summed E-state index contributed by atoms with van der Waals surface area (Å²) < 4.78 is 78.5. The fourth-order valence-electron chi connectivity index (χ4n) is 2.33. The highest BCUT2D eigenvalue weighted by Gasteiger charge is 2.44. The van der Waals surface area contributed by atoms with E-state index in [1.54, 1.807) is 0 Å². The van der Waals surface area contributed by atoms with Gasteiger partial charge in [-0.1, -0.05) is 24.3 Å². The molecule has 0 saturated carbocycles. The van der Waals surface area contributed by atoms with E-state index in [1.165, 1.54) is 6.07 Å². The Bertz CT molecular complexity index is 625. The Morgan fingerprint density at radius 1 is 0.909 bits per heavy atom. The first kappa shape index (κ1) is 16.6. The number of benzene rings is 1. The van der Waals surface area contributed by atoms with Crippen molar-refractivity contribution in [1.29, 1.82) is 0 Å². The summed E-state index contributed by atoms with van der Waals surface area (Å²) in [7, 11) is 0. The van der Waals surface area contributed by atoms with Crippen LogP contribution in [-0.2, 0) is 6.18 Å². The van der Waals surface area contributed by atoms with Crippen LogP contribution in [0.25, 0.3) is 0 Å². The lowest BCUT2D eigenvalue weighted by Gasteiger charge is -2.30. The average molecular weight is 322 g/mol. The molecule has 0 aromatic heterocycles. The van der Waals surface area contributed by atoms with Gasteiger partial charge in [0, 0.05) is 11.5 Å². The van der Waals surface area contributed by atoms with E-state index in [1.807, 2.05) is 0 Å². The van der Waals surface area contributed by atoms with Crippen LogP contribution in [0.5, 0.6) is 0 Å². The molecule has 0 amide bonds. The van der Waals surface area contributed by atoms with Crippen molar-refractivity contribution in [2.75, 3.05) is 0 Å². The van der Waals surface area contributed by atoms with Gasteiger partial charge in [0.05, 0.1) is 5.56 Å². The number of hydrogen-bond acceptors (Lipinski definition) is 2. The monoisotopic (exact) mass is 322 g/mol. The molecule has 1 unspecified atom stereocenters. The fraction of sp³-hybridized carbons (Fsp3) is 0.286. The minimum absolute atomic E-state index is 0.495. The second-order valence-corrected chi connectivity index (χ2v) is 5.02. The zero-order valence-electron chi connectivity index (χ0n) is 11.0. The molecular weight excluding hydrogens is 310 g/mol. The molecule has 1 aromatic rings. The molecule has 2 nitrogen and oxygen atoms in total. The zero-order valence-corrected chi connectivity index (χ0v) is 11.0. The van der Waals surface area contributed by atoms with Gasteiger partial charge in [-0.2, -0.15) is 26.3 Å². The van der Waals surface area contributed by atoms with Crippen LogP contribution in [0.1, 0.15) is 17.0 Å². The van der Waals surface area contributed by atoms with E-state index in [-0.39, 0.29) is 0 Å². The van der Waals surface area contributed by atoms with Crippen molar-refractivity contribution in [1.82, 2.24) is 0 Å². The molecule has 0 fully saturated rings. The number of rotatable bonds is 1. The van der Waals surface area contributed by atoms with E-state index < -0.39 is 40.6 Å². The van der Waals surface area contributed by atoms with E-state index in [0.29, 0.717) is 6.08 Å². The standard InChI is InChI=1S/C14H12F6N2/c15-13(16,17)10-4-2-1-3-8(10)9-5-6-12(21,22)7-11(9)14(18,19)20/h1-7,9H,21-22H2. The topological polar surface area (TPSA) is 52.0 Å². The zero-order chi connectivity index (χ0) is 16.8. The van der Waals surface area contributed by atoms with Gasteiger partial charge in [-0.3, -0.25) is 0 Å². The number of alkyl halides is 6. The van der Waals surface area contributed by atoms with Crippen LogP contribution in [0.15, 0.2) is 48.1 Å². The molecule has 4 N–H and O–H groups in total. The molecule has 0 radical (unpaired) electrons. The minimum Gasteiger partial charge on any atom is -0.307 e. The molecule has 1 aliphatic rings. The van der Waals surface area contributed by atoms with Crippen molar-refractivity contribution < 1.29 is 26.3 Å². The summed E-state index contributed by atoms with van der Waals surface area (Å²) >= 11 is 0. The number of hydrogen-bond donors (Lipinski definition) is 2. The number of halogens is 6. The predicted octanol–water partition coefficient (Wildman–Crippen LogP) is 3.46. The van der Waals surface area contributed by atoms with Crippen LogP contribution in [0.3, 0.4) is 0 Å². The highest BCUT2D eigenvalue weighted by molar-refractivity contribution is 5.46. The summed E-state index contributed by atoms with van der Waals surface area (Å²) in [5.41, 5.74) is 6.16. The molecule has 0 aliphatic heterocycles. The van der Waals surface area contributed by atoms with Gasteiger partial charge < -0.3 is 11.5 Å². The molecule has 1 atom stereocenters. The SMILES string of the molecule is NC1(N)C=CC(c2ccccc2C(F)(F)F)C(C(F)(F)F)=C1. The summed E-state index contributed by atoms with van der Waals surface area (Å²) in [6.07, 6.45) is -7.06. The summed E-state index contributed by atoms with van der Waals surface area (Å²) in [5, 5.41) is 0. The maximum Gasteiger partial charge on any atom is 0.416 e. The molecule has 120 valence electrons. The Morgan fingerprint density at radius 2 is 1.50 bits per heavy atom. The molecule has 1 aliphatic carbocycles. The maximum absolute atomic E-state index is 13.2. The molecule has 1 aromatic carbocycles. The molecule has 22 heavy (non-hydrogen) atoms. The Hall–Kier alpha value is -1.80. The van der Waals surface area contributed by atoms with E-state index in [4.69, 9.17) is 11.5 Å². The normalized spacial score (nSPS) is 21.6. The van der Waals surface area contributed by atoms with E-state index >= 15 is 0 Å². The van der Waals surface area contributed by atoms with E-state index in [9.17, 15) is 26.3 Å². The fourth-order valence-corrected chi connectivity index (χ4v) is 2.33. The predicted molar refractivity (Wildman–Crippen MR) is 68.6 cm³/mol. The highest BCUT2D eigenvalue weighted by Crippen LogP contribution is 2.44. The number of allylic oxidation sites excluding steroid dienone is 2. The Morgan fingerprint density at radius 3 is 2.05 bits per heavy atom. The van der Waals surface area contributed by atoms with Crippen molar-refractivity contribution in [2.24, 2.45) is 11.5 Å². The van der Waals surface area contributed by atoms with Crippen LogP contribution in [0.4, 0.5) is 26.3 Å². The summed E-state index contributed by atoms with van der Waals surface area (Å²) in [5.74, 6) is -1.61. The summed E-state index contributed by atoms with van der Waals surface area (Å²) in [4.78, 5) is 0. The van der Waals surface area contributed by atoms with Gasteiger partial charge >= 0.3 is 12.4 Å². The van der Waals surface area contributed by atoms with Gasteiger partial charge in [0.1, 0.15) is 5.66 Å². The summed E-state index contributed by atoms with van der Waals surface area (Å²) in [6, 6.07) is 4.12. The first-order valence-corrected chi connectivity index (χ1v) is 6.15. The molecule has 0 spiro atoms. The van der Waals surface area contributed by atoms with Crippen LogP contribution in [0, 0.1) is 0 Å². The molecule has 8 heteroatoms. The lowest BCUT2D eigenvalue weighted by molar-refractivity contribution is -0.138. The molecular formula is C14H12F6N2. The molecule has 0 bridgehead atoms. The van der Waals surface area contributed by atoms with Crippen molar-refractivity contribution in [3.8, 4) is 0 Å². The van der Waals surface area contributed by atoms with Gasteiger partial charge in [0.2, 0.25) is 0 Å². The second-order valence-electron chi connectivity index (χ2n) is 5.02. The van der Waals surface area contributed by atoms with Crippen LogP contribution < -0.4 is 11.5 Å². The third-order valence-corrected chi connectivity index (χ3v) is 3.25. The van der Waals surface area contributed by atoms with Gasteiger partial charge in [0.15, 0.2) is 0 Å². The lowest BCUT2D eigenvalue weighted by Crippen LogP contribution is -2.48. The lowest BCUT2D eigenvalue weighted by atomic mass is 9.81. The second kappa shape index (κ2) is 5.13. The van der Waals surface area contributed by atoms with Crippen molar-refractivity contribution in [3.63, 3.8) is 0 Å². The van der Waals surface area contributed by atoms with Gasteiger partial charge in [-0.15, -0.1) is 0 Å². The first-order valence-electron chi connectivity index (χ1n) is 6.15. The van der Waals surface area contributed by atoms with Crippen molar-refractivity contribution in [2.45, 2.75) is 23.9 Å². The van der Waals surface area contributed by atoms with Gasteiger partial charge in [-0.25, -0.2) is 0 Å². The quantitative estimate of drug-likeness (QED) is 0.473. The maximum atomic E-state index is 13.2. The van der Waals surface area contributed by atoms with Crippen LogP contribution >= 0.6 is 0 Å². The van der Waals surface area contributed by atoms with Crippen molar-refractivity contribution in [3.05, 3.63) is 59.2 Å². The Kier molecular flexibility index (Phi) is 3.87. The largest absolute Gasteiger partial charge is 0.416 e. The van der Waals surface area contributed by atoms with Crippen LogP contribution in [-0.4, -0.2) is 11.8 Å². The molecule has 0 saturated heterocycles. The third kappa shape index (κ3) is 3.33. The Labute approximate surface area is 122 Å². The van der Waals surface area contributed by atoms with E-state index in [0.717, 1.165) is 30.4 Å². The van der Waals surface area contributed by atoms with Gasteiger partial charge in [0.25, 0.3) is 0 Å². The molecule has 0 heterocycles. The first-order chi connectivity index (χ1) is 9.92. The Balaban J connectivity index is 2.60. The van der Waals surface area contributed by atoms with E-state index in [2.05, 4.69) is 0 Å². The highest BCUT2D eigenvalue weighted by atomic mass is 19.4. The molecule has 2 rings (SSSR count). The van der Waals surface area contributed by atoms with Crippen LogP contribution in [0.2, 0.25) is 0 Å². The third-order valence-electron chi connectivity index (χ3n) is 3.25. The minimum atomic E-state index is -4.85. The van der Waals surface area contributed by atoms with Crippen molar-refractivity contribution >= 4 is 0 Å². The average Bonchev–Trinajstić information content (AvgIpc) is 2.36.